The molecule has 35 heavy (non-hydrogen) atoms. The van der Waals surface area contributed by atoms with Gasteiger partial charge < -0.3 is 14.7 Å². The van der Waals surface area contributed by atoms with Gasteiger partial charge in [0, 0.05) is 17.6 Å². The van der Waals surface area contributed by atoms with Gasteiger partial charge >= 0.3 is 0 Å². The number of ether oxygens (including phenoxy) is 1. The lowest BCUT2D eigenvalue weighted by Crippen LogP contribution is -2.61. The summed E-state index contributed by atoms with van der Waals surface area (Å²) in [6.45, 7) is 0.348. The number of aliphatic hydroxyl groups is 1. The van der Waals surface area contributed by atoms with E-state index in [9.17, 15) is 19.0 Å². The van der Waals surface area contributed by atoms with Gasteiger partial charge in [-0.05, 0) is 29.8 Å². The first-order valence-electron chi connectivity index (χ1n) is 11.0. The molecule has 2 heterocycles. The number of hydrogen-bond donors (Lipinski definition) is 4. The summed E-state index contributed by atoms with van der Waals surface area (Å²) in [5, 5.41) is 11.6. The van der Waals surface area contributed by atoms with Gasteiger partial charge in [-0.25, -0.2) is 0 Å². The zero-order valence-electron chi connectivity index (χ0n) is 19.0. The minimum atomic E-state index is -3.45. The molecular weight excluding hydrogens is 466 g/mol. The first kappa shape index (κ1) is 23.1. The quantitative estimate of drug-likeness (QED) is 0.308. The Morgan fingerprint density at radius 1 is 1.03 bits per heavy atom. The molecular formula is C26H25N3O5S. The number of carbonyl (C=O) groups excluding carboxylic acids is 1. The van der Waals surface area contributed by atoms with Gasteiger partial charge in [0.25, 0.3) is 5.91 Å². The van der Waals surface area contributed by atoms with Crippen LogP contribution in [0.1, 0.15) is 15.9 Å². The molecule has 3 aromatic carbocycles. The zero-order valence-corrected chi connectivity index (χ0v) is 19.8. The molecule has 1 aromatic heterocycles. The van der Waals surface area contributed by atoms with Crippen molar-refractivity contribution < 1.29 is 23.7 Å². The predicted molar refractivity (Wildman–Crippen MR) is 136 cm³/mol. The van der Waals surface area contributed by atoms with E-state index in [0.717, 1.165) is 10.9 Å². The number of benzene rings is 3. The van der Waals surface area contributed by atoms with Crippen LogP contribution in [0.5, 0.6) is 5.75 Å². The first-order valence-corrected chi connectivity index (χ1v) is 12.5. The molecule has 8 nitrogen and oxygen atoms in total. The summed E-state index contributed by atoms with van der Waals surface area (Å²) in [5.41, 5.74) is 0.871. The summed E-state index contributed by atoms with van der Waals surface area (Å²) >= 11 is 0. The number of carbonyl (C=O) groups is 1. The summed E-state index contributed by atoms with van der Waals surface area (Å²) in [6, 6.07) is 22.8. The van der Waals surface area contributed by atoms with Crippen LogP contribution in [0.4, 0.5) is 5.69 Å². The third kappa shape index (κ3) is 4.30. The van der Waals surface area contributed by atoms with E-state index >= 15 is 0 Å². The number of methoxy groups -OCH3 is 1. The second-order valence-electron chi connectivity index (χ2n) is 8.46. The molecule has 9 heteroatoms. The topological polar surface area (TPSA) is 115 Å². The van der Waals surface area contributed by atoms with Crippen molar-refractivity contribution in [2.24, 2.45) is 0 Å². The number of fused-ring (bicyclic) bond motifs is 1. The van der Waals surface area contributed by atoms with Gasteiger partial charge in [-0.3, -0.25) is 23.6 Å². The molecule has 5 rings (SSSR count). The Labute approximate surface area is 204 Å². The largest absolute Gasteiger partial charge is 0.496 e. The maximum atomic E-state index is 13.1. The van der Waals surface area contributed by atoms with Gasteiger partial charge in [-0.15, -0.1) is 0 Å². The Kier molecular flexibility index (Phi) is 5.86. The Balaban J connectivity index is 1.35. The molecule has 0 unspecified atom stereocenters. The smallest absolute Gasteiger partial charge is 0.257 e. The van der Waals surface area contributed by atoms with E-state index in [1.807, 2.05) is 42.5 Å². The third-order valence-electron chi connectivity index (χ3n) is 6.10. The van der Waals surface area contributed by atoms with Crippen LogP contribution in [0.2, 0.25) is 0 Å². The highest BCUT2D eigenvalue weighted by Crippen LogP contribution is 2.50. The average Bonchev–Trinajstić information content (AvgIpc) is 2.86. The number of nitrogens with one attached hydrogen (secondary N) is 1. The van der Waals surface area contributed by atoms with Crippen LogP contribution in [0, 0.1) is 0 Å². The molecule has 0 aliphatic carbocycles. The molecule has 0 atom stereocenters. The molecule has 1 aliphatic heterocycles. The summed E-state index contributed by atoms with van der Waals surface area (Å²) in [6.07, 6.45) is 1.60. The standard InChI is InChI=1S/C26H25N3O5S/c1-34-22-15-20(28-35(32,33)23-11-5-7-18-8-6-14-27-24(18)23)12-13-21(22)25(30)29-16-26(31,17-29)19-9-3-2-4-10-19/h2-15,28,31-33H,16-17H2,1H3. The predicted octanol–water partition coefficient (Wildman–Crippen LogP) is 4.72. The van der Waals surface area contributed by atoms with Crippen molar-refractivity contribution in [3.05, 3.63) is 96.2 Å². The SMILES string of the molecule is COc1cc(NS(O)(O)c2cccc3cccnc23)ccc1C(=O)N1CC(O)(c2ccccc2)C1. The van der Waals surface area contributed by atoms with Gasteiger partial charge in [0.2, 0.25) is 0 Å². The van der Waals surface area contributed by atoms with Crippen molar-refractivity contribution in [1.29, 1.82) is 0 Å². The Bertz CT molecular complexity index is 1390. The van der Waals surface area contributed by atoms with Crippen LogP contribution in [-0.4, -0.2) is 50.2 Å². The van der Waals surface area contributed by atoms with E-state index in [2.05, 4.69) is 9.71 Å². The number of rotatable bonds is 6. The lowest BCUT2D eigenvalue weighted by molar-refractivity contribution is -0.0864. The van der Waals surface area contributed by atoms with Gasteiger partial charge in [0.05, 0.1) is 37.0 Å². The summed E-state index contributed by atoms with van der Waals surface area (Å²) in [4.78, 5) is 19.2. The fourth-order valence-electron chi connectivity index (χ4n) is 4.29. The first-order chi connectivity index (χ1) is 16.8. The molecule has 0 spiro atoms. The molecule has 4 aromatic rings. The van der Waals surface area contributed by atoms with E-state index in [1.165, 1.54) is 7.11 Å². The summed E-state index contributed by atoms with van der Waals surface area (Å²) in [7, 11) is -2.01. The maximum Gasteiger partial charge on any atom is 0.257 e. The van der Waals surface area contributed by atoms with E-state index in [1.54, 1.807) is 47.5 Å². The van der Waals surface area contributed by atoms with Crippen LogP contribution in [-0.2, 0) is 5.60 Å². The highest BCUT2D eigenvalue weighted by molar-refractivity contribution is 8.25. The van der Waals surface area contributed by atoms with E-state index in [4.69, 9.17) is 4.74 Å². The van der Waals surface area contributed by atoms with Crippen molar-refractivity contribution in [3.8, 4) is 5.75 Å². The van der Waals surface area contributed by atoms with Crippen molar-refractivity contribution in [2.45, 2.75) is 10.5 Å². The number of aromatic nitrogens is 1. The Hall–Kier alpha value is -3.63. The number of pyridine rings is 1. The molecule has 1 aliphatic rings. The van der Waals surface area contributed by atoms with E-state index < -0.39 is 16.4 Å². The monoisotopic (exact) mass is 491 g/mol. The zero-order chi connectivity index (χ0) is 24.6. The van der Waals surface area contributed by atoms with Crippen LogP contribution in [0.15, 0.2) is 90.0 Å². The second-order valence-corrected chi connectivity index (χ2v) is 10.2. The number of likely N-dealkylation sites (tertiary alicyclic amines) is 1. The normalized spacial score (nSPS) is 15.4. The minimum absolute atomic E-state index is 0.174. The van der Waals surface area contributed by atoms with Gasteiger partial charge in [-0.1, -0.05) is 59.3 Å². The van der Waals surface area contributed by atoms with Crippen LogP contribution in [0.25, 0.3) is 10.9 Å². The highest BCUT2D eigenvalue weighted by atomic mass is 32.3. The Morgan fingerprint density at radius 2 is 1.77 bits per heavy atom. The molecule has 1 fully saturated rings. The average molecular weight is 492 g/mol. The van der Waals surface area contributed by atoms with Crippen LogP contribution >= 0.6 is 10.8 Å². The fourth-order valence-corrected chi connectivity index (χ4v) is 5.56. The molecule has 0 bridgehead atoms. The van der Waals surface area contributed by atoms with Crippen LogP contribution in [0.3, 0.4) is 0 Å². The maximum absolute atomic E-state index is 13.1. The highest BCUT2D eigenvalue weighted by Gasteiger charge is 2.45. The van der Waals surface area contributed by atoms with Crippen molar-refractivity contribution in [3.63, 3.8) is 0 Å². The second kappa shape index (κ2) is 8.86. The lowest BCUT2D eigenvalue weighted by Gasteiger charge is -2.46. The van der Waals surface area contributed by atoms with Crippen LogP contribution < -0.4 is 9.46 Å². The van der Waals surface area contributed by atoms with Crippen molar-refractivity contribution in [2.75, 3.05) is 24.9 Å². The number of β-amino-alcohol motifs (C(OH)–C–C–N with tert-alkyl or cyclic N) is 1. The van der Waals surface area contributed by atoms with Gasteiger partial charge in [0.1, 0.15) is 16.2 Å². The van der Waals surface area contributed by atoms with E-state index in [-0.39, 0.29) is 29.6 Å². The number of amides is 1. The molecule has 180 valence electrons. The van der Waals surface area contributed by atoms with E-state index in [0.29, 0.717) is 16.8 Å². The lowest BCUT2D eigenvalue weighted by atomic mass is 9.85. The molecule has 4 N–H and O–H groups in total. The molecule has 1 saturated heterocycles. The van der Waals surface area contributed by atoms with Crippen molar-refractivity contribution >= 4 is 33.3 Å². The number of para-hydroxylation sites is 1. The molecule has 0 saturated carbocycles. The number of hydrogen-bond acceptors (Lipinski definition) is 7. The van der Waals surface area contributed by atoms with Gasteiger partial charge in [0.15, 0.2) is 0 Å². The van der Waals surface area contributed by atoms with Gasteiger partial charge in [-0.2, -0.15) is 0 Å². The number of nitrogens with zero attached hydrogens (tertiary/aromatic N) is 2. The van der Waals surface area contributed by atoms with Crippen molar-refractivity contribution in [1.82, 2.24) is 9.88 Å². The summed E-state index contributed by atoms with van der Waals surface area (Å²) < 4.78 is 30.1. The molecule has 0 radical (unpaired) electrons. The Morgan fingerprint density at radius 3 is 2.51 bits per heavy atom. The minimum Gasteiger partial charge on any atom is -0.496 e. The fraction of sp³-hybridized carbons (Fsp3) is 0.154. The third-order valence-corrected chi connectivity index (χ3v) is 7.56. The summed E-state index contributed by atoms with van der Waals surface area (Å²) in [5.74, 6) is 0.000243. The number of anilines is 1. The molecule has 1 amide bonds.